The zero-order valence-electron chi connectivity index (χ0n) is 16.9. The molecule has 152 valence electrons. The van der Waals surface area contributed by atoms with E-state index in [1.807, 2.05) is 31.2 Å². The molecule has 0 aliphatic heterocycles. The summed E-state index contributed by atoms with van der Waals surface area (Å²) in [6.07, 6.45) is 4.49. The van der Waals surface area contributed by atoms with E-state index in [4.69, 9.17) is 4.74 Å². The van der Waals surface area contributed by atoms with E-state index in [1.54, 1.807) is 18.4 Å². The predicted octanol–water partition coefficient (Wildman–Crippen LogP) is 3.47. The molecule has 4 rings (SSSR count). The zero-order valence-corrected chi connectivity index (χ0v) is 17.7. The fraction of sp³-hybridized carbons (Fsp3) is 0.409. The van der Waals surface area contributed by atoms with Gasteiger partial charge in [0.25, 0.3) is 5.56 Å². The maximum Gasteiger partial charge on any atom is 0.262 e. The largest absolute Gasteiger partial charge is 0.496 e. The molecule has 0 fully saturated rings. The minimum atomic E-state index is -0.235. The van der Waals surface area contributed by atoms with Gasteiger partial charge in [0, 0.05) is 10.4 Å². The standard InChI is InChI=1S/C22H25N3O3S/c1-13-8-9-16-18(10-13)29-21-20(16)22(27)25(12-23-21)11-19(26)24-14(2)15-6-4-5-7-17(15)28-3/h4-7,12-14H,8-11H2,1-3H3,(H,24,26). The molecule has 0 bridgehead atoms. The molecule has 3 aromatic rings. The second kappa shape index (κ2) is 7.99. The molecule has 0 saturated heterocycles. The van der Waals surface area contributed by atoms with Crippen molar-refractivity contribution in [3.63, 3.8) is 0 Å². The second-order valence-corrected chi connectivity index (χ2v) is 8.82. The summed E-state index contributed by atoms with van der Waals surface area (Å²) in [5.74, 6) is 1.13. The van der Waals surface area contributed by atoms with Gasteiger partial charge >= 0.3 is 0 Å². The van der Waals surface area contributed by atoms with Gasteiger partial charge in [-0.05, 0) is 43.7 Å². The number of ether oxygens (including phenoxy) is 1. The highest BCUT2D eigenvalue weighted by Crippen LogP contribution is 2.35. The van der Waals surface area contributed by atoms with Crippen molar-refractivity contribution in [2.75, 3.05) is 7.11 Å². The topological polar surface area (TPSA) is 73.2 Å². The van der Waals surface area contributed by atoms with Crippen LogP contribution in [0, 0.1) is 5.92 Å². The van der Waals surface area contributed by atoms with Crippen molar-refractivity contribution >= 4 is 27.5 Å². The van der Waals surface area contributed by atoms with Gasteiger partial charge in [-0.2, -0.15) is 0 Å². The molecule has 1 amide bonds. The van der Waals surface area contributed by atoms with Crippen LogP contribution in [0.1, 0.15) is 42.3 Å². The minimum absolute atomic E-state index is 0.0533. The minimum Gasteiger partial charge on any atom is -0.496 e. The number of hydrogen-bond donors (Lipinski definition) is 1. The van der Waals surface area contributed by atoms with E-state index in [0.29, 0.717) is 11.3 Å². The summed E-state index contributed by atoms with van der Waals surface area (Å²) in [5.41, 5.74) is 1.91. The molecule has 6 nitrogen and oxygen atoms in total. The number of aryl methyl sites for hydroxylation is 1. The third-order valence-electron chi connectivity index (χ3n) is 5.58. The smallest absolute Gasteiger partial charge is 0.262 e. The SMILES string of the molecule is COc1ccccc1C(C)NC(=O)Cn1cnc2sc3c(c2c1=O)CCC(C)C3. The van der Waals surface area contributed by atoms with Crippen molar-refractivity contribution in [3.05, 3.63) is 57.0 Å². The van der Waals surface area contributed by atoms with E-state index >= 15 is 0 Å². The Morgan fingerprint density at radius 3 is 3.00 bits per heavy atom. The number of rotatable bonds is 5. The first-order valence-electron chi connectivity index (χ1n) is 9.90. The number of aromatic nitrogens is 2. The number of benzene rings is 1. The molecule has 0 radical (unpaired) electrons. The lowest BCUT2D eigenvalue weighted by molar-refractivity contribution is -0.122. The number of hydrogen-bond acceptors (Lipinski definition) is 5. The highest BCUT2D eigenvalue weighted by Gasteiger charge is 2.23. The lowest BCUT2D eigenvalue weighted by Crippen LogP contribution is -2.34. The summed E-state index contributed by atoms with van der Waals surface area (Å²) >= 11 is 1.62. The van der Waals surface area contributed by atoms with Crippen LogP contribution in [0.25, 0.3) is 10.2 Å². The van der Waals surface area contributed by atoms with E-state index in [-0.39, 0.29) is 24.1 Å². The van der Waals surface area contributed by atoms with Crippen LogP contribution in [-0.4, -0.2) is 22.6 Å². The van der Waals surface area contributed by atoms with Crippen LogP contribution in [0.4, 0.5) is 0 Å². The summed E-state index contributed by atoms with van der Waals surface area (Å²) in [6, 6.07) is 7.34. The monoisotopic (exact) mass is 411 g/mol. The number of carbonyl (C=O) groups excluding carboxylic acids is 1. The molecular weight excluding hydrogens is 386 g/mol. The average molecular weight is 412 g/mol. The van der Waals surface area contributed by atoms with Gasteiger partial charge in [-0.3, -0.25) is 14.2 Å². The molecule has 2 atom stereocenters. The van der Waals surface area contributed by atoms with Gasteiger partial charge < -0.3 is 10.1 Å². The van der Waals surface area contributed by atoms with Gasteiger partial charge in [0.1, 0.15) is 17.1 Å². The summed E-state index contributed by atoms with van der Waals surface area (Å²) in [4.78, 5) is 32.2. The third kappa shape index (κ3) is 3.79. The van der Waals surface area contributed by atoms with Crippen molar-refractivity contribution in [1.82, 2.24) is 14.9 Å². The fourth-order valence-electron chi connectivity index (χ4n) is 4.02. The molecule has 0 spiro atoms. The first-order valence-corrected chi connectivity index (χ1v) is 10.7. The first-order chi connectivity index (χ1) is 14.0. The van der Waals surface area contributed by atoms with Gasteiger partial charge in [-0.1, -0.05) is 25.1 Å². The Balaban J connectivity index is 1.55. The van der Waals surface area contributed by atoms with Crippen LogP contribution in [0.2, 0.25) is 0 Å². The molecule has 2 unspecified atom stereocenters. The molecule has 1 aliphatic carbocycles. The second-order valence-electron chi connectivity index (χ2n) is 7.74. The van der Waals surface area contributed by atoms with Crippen molar-refractivity contribution < 1.29 is 9.53 Å². The summed E-state index contributed by atoms with van der Waals surface area (Å²) < 4.78 is 6.78. The molecule has 0 saturated carbocycles. The highest BCUT2D eigenvalue weighted by molar-refractivity contribution is 7.18. The van der Waals surface area contributed by atoms with E-state index in [1.165, 1.54) is 15.8 Å². The summed E-state index contributed by atoms with van der Waals surface area (Å²) in [5, 5.41) is 3.65. The molecule has 2 aromatic heterocycles. The zero-order chi connectivity index (χ0) is 20.5. The Morgan fingerprint density at radius 1 is 1.41 bits per heavy atom. The van der Waals surface area contributed by atoms with Crippen LogP contribution < -0.4 is 15.6 Å². The maximum absolute atomic E-state index is 13.1. The number of fused-ring (bicyclic) bond motifs is 3. The van der Waals surface area contributed by atoms with Crippen LogP contribution in [-0.2, 0) is 24.2 Å². The van der Waals surface area contributed by atoms with Gasteiger partial charge in [-0.15, -0.1) is 11.3 Å². The summed E-state index contributed by atoms with van der Waals surface area (Å²) in [7, 11) is 1.61. The highest BCUT2D eigenvalue weighted by atomic mass is 32.1. The Kier molecular flexibility index (Phi) is 5.41. The van der Waals surface area contributed by atoms with E-state index in [2.05, 4.69) is 17.2 Å². The quantitative estimate of drug-likeness (QED) is 0.698. The Morgan fingerprint density at radius 2 is 2.21 bits per heavy atom. The Hall–Kier alpha value is -2.67. The number of methoxy groups -OCH3 is 1. The maximum atomic E-state index is 13.1. The Bertz CT molecular complexity index is 1120. The number of carbonyl (C=O) groups is 1. The summed E-state index contributed by atoms with van der Waals surface area (Å²) in [6.45, 7) is 4.09. The van der Waals surface area contributed by atoms with E-state index in [9.17, 15) is 9.59 Å². The van der Waals surface area contributed by atoms with Crippen LogP contribution in [0.3, 0.4) is 0 Å². The molecule has 1 aliphatic rings. The number of para-hydroxylation sites is 1. The lowest BCUT2D eigenvalue weighted by Gasteiger charge is -2.18. The lowest BCUT2D eigenvalue weighted by atomic mass is 9.89. The van der Waals surface area contributed by atoms with Crippen LogP contribution in [0.5, 0.6) is 5.75 Å². The van der Waals surface area contributed by atoms with Gasteiger partial charge in [0.2, 0.25) is 5.91 Å². The predicted molar refractivity (Wildman–Crippen MR) is 115 cm³/mol. The molecule has 1 N–H and O–H groups in total. The van der Waals surface area contributed by atoms with Crippen LogP contribution in [0.15, 0.2) is 35.4 Å². The number of thiophene rings is 1. The Labute approximate surface area is 173 Å². The van der Waals surface area contributed by atoms with Crippen molar-refractivity contribution in [3.8, 4) is 5.75 Å². The van der Waals surface area contributed by atoms with E-state index < -0.39 is 0 Å². The fourth-order valence-corrected chi connectivity index (χ4v) is 5.36. The number of nitrogens with one attached hydrogen (secondary N) is 1. The normalized spacial score (nSPS) is 17.0. The number of amides is 1. The third-order valence-corrected chi connectivity index (χ3v) is 6.74. The molecule has 29 heavy (non-hydrogen) atoms. The van der Waals surface area contributed by atoms with Gasteiger partial charge in [0.15, 0.2) is 0 Å². The van der Waals surface area contributed by atoms with Gasteiger partial charge in [0.05, 0.1) is 24.9 Å². The first kappa shape index (κ1) is 19.6. The molecule has 1 aromatic carbocycles. The molecule has 7 heteroatoms. The van der Waals surface area contributed by atoms with E-state index in [0.717, 1.165) is 41.0 Å². The van der Waals surface area contributed by atoms with Crippen LogP contribution >= 0.6 is 11.3 Å². The van der Waals surface area contributed by atoms with Crippen molar-refractivity contribution in [1.29, 1.82) is 0 Å². The number of nitrogens with zero attached hydrogens (tertiary/aromatic N) is 2. The molecular formula is C22H25N3O3S. The van der Waals surface area contributed by atoms with Gasteiger partial charge in [-0.25, -0.2) is 4.98 Å². The van der Waals surface area contributed by atoms with Crippen molar-refractivity contribution in [2.45, 2.75) is 45.7 Å². The van der Waals surface area contributed by atoms with Crippen molar-refractivity contribution in [2.24, 2.45) is 5.92 Å². The molecule has 2 heterocycles. The average Bonchev–Trinajstić information content (AvgIpc) is 3.08.